The Kier molecular flexibility index (Phi) is 1.43. The van der Waals surface area contributed by atoms with Crippen LogP contribution in [0.25, 0.3) is 0 Å². The van der Waals surface area contributed by atoms with Gasteiger partial charge in [-0.05, 0) is 0 Å². The van der Waals surface area contributed by atoms with Crippen LogP contribution in [0.3, 0.4) is 0 Å². The van der Waals surface area contributed by atoms with Crippen molar-refractivity contribution < 1.29 is 13.6 Å². The lowest BCUT2D eigenvalue weighted by Crippen LogP contribution is -2.05. The average Bonchev–Trinajstić information content (AvgIpc) is 2.41. The topological polar surface area (TPSA) is 40.9 Å². The molecule has 1 rings (SSSR count). The van der Waals surface area contributed by atoms with Crippen molar-refractivity contribution in [2.24, 2.45) is 5.92 Å². The van der Waals surface area contributed by atoms with Crippen LogP contribution in [-0.2, 0) is 4.79 Å². The fourth-order valence-electron chi connectivity index (χ4n) is 0.764. The molecular weight excluding hydrogens is 140 g/mol. The number of Topliss-reactive ketones (excluding diaryl/α,β-unsaturated/α-hetero) is 1. The van der Waals surface area contributed by atoms with E-state index >= 15 is 0 Å². The Morgan fingerprint density at radius 1 is 1.80 bits per heavy atom. The summed E-state index contributed by atoms with van der Waals surface area (Å²) in [5.74, 6) is -4.60. The molecule has 0 unspecified atom stereocenters. The maximum atomic E-state index is 12.0. The molecule has 10 heavy (non-hydrogen) atoms. The molecule has 0 aliphatic heterocycles. The minimum atomic E-state index is -2.81. The molecule has 2 nitrogen and oxygen atoms in total. The van der Waals surface area contributed by atoms with E-state index in [-0.39, 0.29) is 12.8 Å². The van der Waals surface area contributed by atoms with Crippen LogP contribution in [0.2, 0.25) is 0 Å². The summed E-state index contributed by atoms with van der Waals surface area (Å²) in [6.07, 6.45) is -0.756. The van der Waals surface area contributed by atoms with Gasteiger partial charge in [-0.2, -0.15) is 5.26 Å². The number of alkyl halides is 2. The summed E-state index contributed by atoms with van der Waals surface area (Å²) in [6, 6.07) is 1.54. The number of ketones is 1. The lowest BCUT2D eigenvalue weighted by atomic mass is 10.2. The first-order chi connectivity index (χ1) is 4.58. The van der Waals surface area contributed by atoms with Crippen LogP contribution in [0.15, 0.2) is 0 Å². The van der Waals surface area contributed by atoms with Crippen LogP contribution in [0.1, 0.15) is 12.8 Å². The Morgan fingerprint density at radius 2 is 2.30 bits per heavy atom. The van der Waals surface area contributed by atoms with Gasteiger partial charge in [0, 0.05) is 6.42 Å². The number of hydrogen-bond donors (Lipinski definition) is 0. The number of carbonyl (C=O) groups is 1. The molecule has 0 radical (unpaired) electrons. The Balaban J connectivity index is 2.42. The molecule has 1 atom stereocenters. The number of halogens is 2. The predicted octanol–water partition coefficient (Wildman–Crippen LogP) is 1.12. The first kappa shape index (κ1) is 7.13. The average molecular weight is 145 g/mol. The van der Waals surface area contributed by atoms with Gasteiger partial charge in [-0.3, -0.25) is 4.79 Å². The lowest BCUT2D eigenvalue weighted by Gasteiger charge is -1.90. The summed E-state index contributed by atoms with van der Waals surface area (Å²) in [5, 5.41) is 7.97. The molecule has 1 fully saturated rings. The van der Waals surface area contributed by atoms with Crippen LogP contribution in [-0.4, -0.2) is 11.7 Å². The zero-order valence-corrected chi connectivity index (χ0v) is 5.10. The maximum Gasteiger partial charge on any atom is 0.258 e. The summed E-state index contributed by atoms with van der Waals surface area (Å²) >= 11 is 0. The van der Waals surface area contributed by atoms with Crippen LogP contribution in [0, 0.1) is 17.2 Å². The lowest BCUT2D eigenvalue weighted by molar-refractivity contribution is -0.121. The summed E-state index contributed by atoms with van der Waals surface area (Å²) in [5.41, 5.74) is 0. The van der Waals surface area contributed by atoms with Gasteiger partial charge in [0.1, 0.15) is 0 Å². The van der Waals surface area contributed by atoms with Gasteiger partial charge < -0.3 is 0 Å². The van der Waals surface area contributed by atoms with Gasteiger partial charge in [0.2, 0.25) is 0 Å². The van der Waals surface area contributed by atoms with Crippen molar-refractivity contribution >= 4 is 5.78 Å². The van der Waals surface area contributed by atoms with Crippen LogP contribution < -0.4 is 0 Å². The molecule has 1 aliphatic rings. The van der Waals surface area contributed by atoms with E-state index in [9.17, 15) is 13.6 Å². The van der Waals surface area contributed by atoms with Crippen LogP contribution in [0.4, 0.5) is 8.78 Å². The minimum absolute atomic E-state index is 0.368. The molecule has 0 aromatic carbocycles. The van der Waals surface area contributed by atoms with E-state index in [0.29, 0.717) is 0 Å². The second-order valence-electron chi connectivity index (χ2n) is 2.32. The Morgan fingerprint density at radius 3 is 2.60 bits per heavy atom. The molecule has 0 N–H and O–H groups in total. The summed E-state index contributed by atoms with van der Waals surface area (Å²) in [7, 11) is 0. The largest absolute Gasteiger partial charge is 0.298 e. The second-order valence-corrected chi connectivity index (χ2v) is 2.32. The molecule has 4 heteroatoms. The molecule has 0 saturated heterocycles. The second kappa shape index (κ2) is 2.01. The van der Waals surface area contributed by atoms with Crippen LogP contribution in [0.5, 0.6) is 0 Å². The van der Waals surface area contributed by atoms with Crippen molar-refractivity contribution in [3.63, 3.8) is 0 Å². The standard InChI is InChI=1S/C6H5F2NO/c7-6(8)3-4(6)5(10)1-2-9/h4H,1,3H2/t4-/m1/s1. The van der Waals surface area contributed by atoms with Gasteiger partial charge in [0.15, 0.2) is 5.78 Å². The molecule has 0 aromatic heterocycles. The molecule has 0 spiro atoms. The number of nitriles is 1. The van der Waals surface area contributed by atoms with E-state index in [2.05, 4.69) is 0 Å². The molecule has 0 aromatic rings. The highest BCUT2D eigenvalue weighted by molar-refractivity contribution is 5.86. The molecule has 0 amide bonds. The quantitative estimate of drug-likeness (QED) is 0.584. The molecule has 1 aliphatic carbocycles. The zero-order chi connectivity index (χ0) is 7.78. The first-order valence-corrected chi connectivity index (χ1v) is 2.85. The monoisotopic (exact) mass is 145 g/mol. The fraction of sp³-hybridized carbons (Fsp3) is 0.667. The zero-order valence-electron chi connectivity index (χ0n) is 5.10. The van der Waals surface area contributed by atoms with Crippen molar-refractivity contribution in [2.45, 2.75) is 18.8 Å². The highest BCUT2D eigenvalue weighted by Crippen LogP contribution is 2.49. The summed E-state index contributed by atoms with van der Waals surface area (Å²) in [6.45, 7) is 0. The molecular formula is C6H5F2NO. The highest BCUT2D eigenvalue weighted by atomic mass is 19.3. The van der Waals surface area contributed by atoms with E-state index in [1.54, 1.807) is 6.07 Å². The van der Waals surface area contributed by atoms with Crippen molar-refractivity contribution in [1.82, 2.24) is 0 Å². The van der Waals surface area contributed by atoms with Crippen molar-refractivity contribution in [1.29, 1.82) is 5.26 Å². The normalized spacial score (nSPS) is 27.1. The van der Waals surface area contributed by atoms with Crippen molar-refractivity contribution in [3.8, 4) is 6.07 Å². The Hall–Kier alpha value is -0.980. The van der Waals surface area contributed by atoms with Gasteiger partial charge in [0.05, 0.1) is 18.4 Å². The number of hydrogen-bond acceptors (Lipinski definition) is 2. The Labute approximate surface area is 56.4 Å². The maximum absolute atomic E-state index is 12.0. The molecule has 0 heterocycles. The first-order valence-electron chi connectivity index (χ1n) is 2.85. The van der Waals surface area contributed by atoms with Gasteiger partial charge in [0.25, 0.3) is 5.92 Å². The molecule has 54 valence electrons. The summed E-state index contributed by atoms with van der Waals surface area (Å²) < 4.78 is 24.1. The summed E-state index contributed by atoms with van der Waals surface area (Å²) in [4.78, 5) is 10.5. The highest BCUT2D eigenvalue weighted by Gasteiger charge is 2.60. The van der Waals surface area contributed by atoms with Crippen molar-refractivity contribution in [2.75, 3.05) is 0 Å². The molecule has 0 bridgehead atoms. The van der Waals surface area contributed by atoms with Gasteiger partial charge >= 0.3 is 0 Å². The number of rotatable bonds is 2. The van der Waals surface area contributed by atoms with E-state index in [1.807, 2.05) is 0 Å². The van der Waals surface area contributed by atoms with Gasteiger partial charge in [-0.1, -0.05) is 0 Å². The third-order valence-electron chi connectivity index (χ3n) is 1.47. The third-order valence-corrected chi connectivity index (χ3v) is 1.47. The van der Waals surface area contributed by atoms with E-state index in [0.717, 1.165) is 0 Å². The predicted molar refractivity (Wildman–Crippen MR) is 28.3 cm³/mol. The van der Waals surface area contributed by atoms with E-state index < -0.39 is 17.6 Å². The minimum Gasteiger partial charge on any atom is -0.298 e. The van der Waals surface area contributed by atoms with Gasteiger partial charge in [-0.15, -0.1) is 0 Å². The van der Waals surface area contributed by atoms with E-state index in [4.69, 9.17) is 5.26 Å². The number of nitrogens with zero attached hydrogens (tertiary/aromatic N) is 1. The van der Waals surface area contributed by atoms with Crippen LogP contribution >= 0.6 is 0 Å². The van der Waals surface area contributed by atoms with E-state index in [1.165, 1.54) is 0 Å². The number of carbonyl (C=O) groups excluding carboxylic acids is 1. The Bertz CT molecular complexity index is 206. The van der Waals surface area contributed by atoms with Gasteiger partial charge in [-0.25, -0.2) is 8.78 Å². The third kappa shape index (κ3) is 1.13. The fourth-order valence-corrected chi connectivity index (χ4v) is 0.764. The molecule has 1 saturated carbocycles. The van der Waals surface area contributed by atoms with Crippen molar-refractivity contribution in [3.05, 3.63) is 0 Å². The SMILES string of the molecule is N#CCC(=O)[C@H]1CC1(F)F. The smallest absolute Gasteiger partial charge is 0.258 e.